The van der Waals surface area contributed by atoms with Crippen molar-refractivity contribution < 1.29 is 0 Å². The minimum atomic E-state index is 0.192. The first-order valence-corrected chi connectivity index (χ1v) is 8.59. The van der Waals surface area contributed by atoms with Gasteiger partial charge in [-0.2, -0.15) is 0 Å². The molecule has 1 aromatic rings. The third-order valence-electron chi connectivity index (χ3n) is 4.28. The van der Waals surface area contributed by atoms with E-state index in [0.717, 1.165) is 16.8 Å². The molecule has 1 aliphatic rings. The fourth-order valence-electron chi connectivity index (χ4n) is 2.81. The number of rotatable bonds is 7. The van der Waals surface area contributed by atoms with Gasteiger partial charge in [0, 0.05) is 23.1 Å². The first-order chi connectivity index (χ1) is 9.52. The van der Waals surface area contributed by atoms with Gasteiger partial charge in [-0.3, -0.25) is 4.90 Å². The quantitative estimate of drug-likeness (QED) is 0.800. The van der Waals surface area contributed by atoms with E-state index in [1.54, 1.807) is 0 Å². The highest BCUT2D eigenvalue weighted by molar-refractivity contribution is 9.10. The molecule has 1 saturated carbocycles. The third kappa shape index (κ3) is 4.06. The lowest BCUT2D eigenvalue weighted by Gasteiger charge is -2.38. The lowest BCUT2D eigenvalue weighted by molar-refractivity contribution is 0.123. The molecule has 0 bridgehead atoms. The Morgan fingerprint density at radius 1 is 1.25 bits per heavy atom. The molecule has 0 aliphatic heterocycles. The zero-order valence-electron chi connectivity index (χ0n) is 12.8. The molecule has 1 fully saturated rings. The normalized spacial score (nSPS) is 18.6. The zero-order valence-corrected chi connectivity index (χ0v) is 14.4. The summed E-state index contributed by atoms with van der Waals surface area (Å²) in [5.41, 5.74) is 7.81. The molecule has 112 valence electrons. The zero-order chi connectivity index (χ0) is 14.7. The number of hydrogen-bond donors (Lipinski definition) is 1. The van der Waals surface area contributed by atoms with Gasteiger partial charge in [-0.15, -0.1) is 0 Å². The molecule has 0 radical (unpaired) electrons. The predicted molar refractivity (Wildman–Crippen MR) is 89.7 cm³/mol. The van der Waals surface area contributed by atoms with Crippen LogP contribution in [0.3, 0.4) is 0 Å². The second-order valence-electron chi connectivity index (χ2n) is 6.30. The van der Waals surface area contributed by atoms with Crippen LogP contribution < -0.4 is 5.73 Å². The highest BCUT2D eigenvalue weighted by Gasteiger charge is 2.32. The summed E-state index contributed by atoms with van der Waals surface area (Å²) in [7, 11) is 0. The third-order valence-corrected chi connectivity index (χ3v) is 4.80. The molecule has 2 rings (SSSR count). The summed E-state index contributed by atoms with van der Waals surface area (Å²) in [6, 6.07) is 9.73. The first-order valence-electron chi connectivity index (χ1n) is 7.79. The van der Waals surface area contributed by atoms with E-state index in [9.17, 15) is 0 Å². The van der Waals surface area contributed by atoms with Crippen molar-refractivity contribution in [3.8, 4) is 0 Å². The van der Waals surface area contributed by atoms with E-state index in [4.69, 9.17) is 5.73 Å². The molecule has 2 unspecified atom stereocenters. The van der Waals surface area contributed by atoms with Crippen molar-refractivity contribution in [1.82, 2.24) is 4.90 Å². The molecular weight excluding hydrogens is 312 g/mol. The van der Waals surface area contributed by atoms with Crippen LogP contribution in [0, 0.1) is 5.92 Å². The largest absolute Gasteiger partial charge is 0.326 e. The summed E-state index contributed by atoms with van der Waals surface area (Å²) in [6.07, 6.45) is 3.78. The van der Waals surface area contributed by atoms with Gasteiger partial charge < -0.3 is 5.73 Å². The summed E-state index contributed by atoms with van der Waals surface area (Å²) >= 11 is 3.52. The maximum Gasteiger partial charge on any atom is 0.0501 e. The van der Waals surface area contributed by atoms with Crippen LogP contribution in [0.4, 0.5) is 0 Å². The molecule has 0 aromatic heterocycles. The van der Waals surface area contributed by atoms with Crippen LogP contribution in [0.1, 0.15) is 51.6 Å². The topological polar surface area (TPSA) is 29.3 Å². The van der Waals surface area contributed by atoms with Crippen LogP contribution in [0.2, 0.25) is 0 Å². The Morgan fingerprint density at radius 2 is 1.85 bits per heavy atom. The van der Waals surface area contributed by atoms with Crippen LogP contribution >= 0.6 is 15.9 Å². The Balaban J connectivity index is 2.26. The number of benzene rings is 1. The molecule has 0 spiro atoms. The van der Waals surface area contributed by atoms with E-state index < -0.39 is 0 Å². The smallest absolute Gasteiger partial charge is 0.0501 e. The monoisotopic (exact) mass is 338 g/mol. The average molecular weight is 339 g/mol. The van der Waals surface area contributed by atoms with E-state index in [0.29, 0.717) is 12.1 Å². The minimum absolute atomic E-state index is 0.192. The van der Waals surface area contributed by atoms with Gasteiger partial charge in [0.15, 0.2) is 0 Å². The van der Waals surface area contributed by atoms with Crippen LogP contribution in [0.15, 0.2) is 28.7 Å². The Kier molecular flexibility index (Phi) is 5.65. The van der Waals surface area contributed by atoms with Crippen LogP contribution in [0.25, 0.3) is 0 Å². The van der Waals surface area contributed by atoms with Crippen molar-refractivity contribution in [3.05, 3.63) is 34.3 Å². The number of halogens is 1. The number of nitrogens with zero attached hydrogens (tertiary/aromatic N) is 1. The number of hydrogen-bond acceptors (Lipinski definition) is 2. The van der Waals surface area contributed by atoms with Crippen molar-refractivity contribution in [2.45, 2.75) is 58.2 Å². The van der Waals surface area contributed by atoms with Gasteiger partial charge in [-0.25, -0.2) is 0 Å². The molecule has 2 atom stereocenters. The molecule has 0 heterocycles. The second kappa shape index (κ2) is 7.06. The molecule has 0 saturated heterocycles. The summed E-state index contributed by atoms with van der Waals surface area (Å²) < 4.78 is 1.13. The van der Waals surface area contributed by atoms with E-state index >= 15 is 0 Å². The molecule has 3 heteroatoms. The van der Waals surface area contributed by atoms with Crippen molar-refractivity contribution in [1.29, 1.82) is 0 Å². The summed E-state index contributed by atoms with van der Waals surface area (Å²) in [5, 5.41) is 0. The molecule has 2 nitrogen and oxygen atoms in total. The van der Waals surface area contributed by atoms with Gasteiger partial charge in [0.2, 0.25) is 0 Å². The second-order valence-corrected chi connectivity index (χ2v) is 7.22. The minimum Gasteiger partial charge on any atom is -0.326 e. The van der Waals surface area contributed by atoms with Crippen molar-refractivity contribution >= 4 is 15.9 Å². The van der Waals surface area contributed by atoms with E-state index in [1.807, 2.05) is 0 Å². The Bertz CT molecular complexity index is 412. The maximum atomic E-state index is 6.47. The standard InChI is InChI=1S/C17H27BrN2/c1-4-16(19)17(14-7-9-15(18)10-8-14)20(12(2)3)11-13-5-6-13/h7-10,12-13,16-17H,4-6,11,19H2,1-3H3. The highest BCUT2D eigenvalue weighted by Crippen LogP contribution is 2.35. The predicted octanol–water partition coefficient (Wildman–Crippen LogP) is 4.35. The van der Waals surface area contributed by atoms with Crippen LogP contribution in [-0.2, 0) is 0 Å². The fraction of sp³-hybridized carbons (Fsp3) is 0.647. The molecule has 1 aliphatic carbocycles. The van der Waals surface area contributed by atoms with Gasteiger partial charge in [0.25, 0.3) is 0 Å². The van der Waals surface area contributed by atoms with Crippen molar-refractivity contribution in [3.63, 3.8) is 0 Å². The first kappa shape index (κ1) is 16.0. The van der Waals surface area contributed by atoms with E-state index in [1.165, 1.54) is 24.9 Å². The summed E-state index contributed by atoms with van der Waals surface area (Å²) in [6.45, 7) is 7.95. The van der Waals surface area contributed by atoms with Gasteiger partial charge >= 0.3 is 0 Å². The van der Waals surface area contributed by atoms with E-state index in [2.05, 4.69) is 65.9 Å². The SMILES string of the molecule is CCC(N)C(c1ccc(Br)cc1)N(CC1CC1)C(C)C. The fourth-order valence-corrected chi connectivity index (χ4v) is 3.08. The lowest BCUT2D eigenvalue weighted by Crippen LogP contribution is -2.45. The lowest BCUT2D eigenvalue weighted by atomic mass is 9.95. The molecule has 2 N–H and O–H groups in total. The molecular formula is C17H27BrN2. The number of nitrogens with two attached hydrogens (primary N) is 1. The summed E-state index contributed by atoms with van der Waals surface area (Å²) in [4.78, 5) is 2.61. The van der Waals surface area contributed by atoms with E-state index in [-0.39, 0.29) is 6.04 Å². The molecule has 20 heavy (non-hydrogen) atoms. The van der Waals surface area contributed by atoms with Crippen LogP contribution in [-0.4, -0.2) is 23.5 Å². The maximum absolute atomic E-state index is 6.47. The van der Waals surface area contributed by atoms with Crippen molar-refractivity contribution in [2.75, 3.05) is 6.54 Å². The molecule has 0 amide bonds. The summed E-state index contributed by atoms with van der Waals surface area (Å²) in [5.74, 6) is 0.888. The van der Waals surface area contributed by atoms with Gasteiger partial charge in [-0.1, -0.05) is 35.0 Å². The van der Waals surface area contributed by atoms with Crippen molar-refractivity contribution in [2.24, 2.45) is 11.7 Å². The highest BCUT2D eigenvalue weighted by atomic mass is 79.9. The Labute approximate surface area is 131 Å². The van der Waals surface area contributed by atoms with Gasteiger partial charge in [-0.05, 0) is 56.7 Å². The van der Waals surface area contributed by atoms with Gasteiger partial charge in [0.05, 0.1) is 6.04 Å². The average Bonchev–Trinajstić information content (AvgIpc) is 3.23. The Morgan fingerprint density at radius 3 is 2.30 bits per heavy atom. The Hall–Kier alpha value is -0.380. The molecule has 1 aromatic carbocycles. The van der Waals surface area contributed by atoms with Crippen LogP contribution in [0.5, 0.6) is 0 Å². The van der Waals surface area contributed by atoms with Gasteiger partial charge in [0.1, 0.15) is 0 Å².